The van der Waals surface area contributed by atoms with Crippen LogP contribution < -0.4 is 4.52 Å². The van der Waals surface area contributed by atoms with Crippen LogP contribution >= 0.6 is 52.5 Å². The van der Waals surface area contributed by atoms with Crippen LogP contribution in [0, 0.1) is 3.57 Å². The third-order valence-corrected chi connectivity index (χ3v) is 6.00. The molecule has 0 bridgehead atoms. The van der Waals surface area contributed by atoms with E-state index in [1.807, 2.05) is 13.8 Å². The van der Waals surface area contributed by atoms with Gasteiger partial charge in [0.1, 0.15) is 5.75 Å². The first kappa shape index (κ1) is 17.0. The average Bonchev–Trinajstić information content (AvgIpc) is 2.26. The van der Waals surface area contributed by atoms with Gasteiger partial charge in [0.2, 0.25) is 0 Å². The summed E-state index contributed by atoms with van der Waals surface area (Å²) in [4.78, 5) is 0. The first-order chi connectivity index (χ1) is 8.41. The molecule has 1 rings (SSSR count). The summed E-state index contributed by atoms with van der Waals surface area (Å²) in [5, 5.41) is 0.974. The molecule has 1 aromatic rings. The summed E-state index contributed by atoms with van der Waals surface area (Å²) in [6.45, 7) is 1.65. The molecule has 0 saturated carbocycles. The Labute approximate surface area is 135 Å². The molecule has 0 atom stereocenters. The summed E-state index contributed by atoms with van der Waals surface area (Å²) in [6.07, 6.45) is 0. The summed E-state index contributed by atoms with van der Waals surface area (Å²) in [6, 6.07) is 3.32. The SMILES string of the molecule is CCOP(=S)(OCC)Oc1cc(Cl)c(I)cc1Cl. The third-order valence-electron chi connectivity index (χ3n) is 1.76. The van der Waals surface area contributed by atoms with Gasteiger partial charge in [0, 0.05) is 21.4 Å². The Morgan fingerprint density at radius 3 is 2.22 bits per heavy atom. The average molecular weight is 441 g/mol. The zero-order valence-electron chi connectivity index (χ0n) is 9.78. The first-order valence-corrected chi connectivity index (χ1v) is 9.54. The first-order valence-electron chi connectivity index (χ1n) is 5.15. The molecular weight excluding hydrogens is 429 g/mol. The van der Waals surface area contributed by atoms with E-state index in [4.69, 9.17) is 48.6 Å². The molecular formula is C10H12Cl2IO3PS. The van der Waals surface area contributed by atoms with Crippen LogP contribution in [0.1, 0.15) is 13.8 Å². The smallest absolute Gasteiger partial charge is 0.380 e. The van der Waals surface area contributed by atoms with Gasteiger partial charge in [-0.15, -0.1) is 0 Å². The van der Waals surface area contributed by atoms with Crippen LogP contribution in [0.5, 0.6) is 5.75 Å². The quantitative estimate of drug-likeness (QED) is 0.342. The van der Waals surface area contributed by atoms with Crippen molar-refractivity contribution in [3.63, 3.8) is 0 Å². The Kier molecular flexibility index (Phi) is 7.18. The highest BCUT2D eigenvalue weighted by Crippen LogP contribution is 2.51. The van der Waals surface area contributed by atoms with Crippen molar-refractivity contribution in [3.05, 3.63) is 25.7 Å². The Hall–Kier alpha value is 0.900. The molecule has 8 heteroatoms. The van der Waals surface area contributed by atoms with E-state index in [-0.39, 0.29) is 0 Å². The zero-order valence-corrected chi connectivity index (χ0v) is 15.2. The lowest BCUT2D eigenvalue weighted by Gasteiger charge is -2.21. The van der Waals surface area contributed by atoms with E-state index >= 15 is 0 Å². The van der Waals surface area contributed by atoms with E-state index in [1.165, 1.54) is 0 Å². The van der Waals surface area contributed by atoms with Crippen LogP contribution in [-0.4, -0.2) is 13.2 Å². The van der Waals surface area contributed by atoms with Crippen molar-refractivity contribution in [2.45, 2.75) is 13.8 Å². The monoisotopic (exact) mass is 440 g/mol. The van der Waals surface area contributed by atoms with Gasteiger partial charge in [-0.3, -0.25) is 9.05 Å². The fourth-order valence-corrected chi connectivity index (χ4v) is 4.24. The van der Waals surface area contributed by atoms with Crippen molar-refractivity contribution in [3.8, 4) is 5.75 Å². The lowest BCUT2D eigenvalue weighted by atomic mass is 10.3. The van der Waals surface area contributed by atoms with E-state index in [2.05, 4.69) is 22.6 Å². The van der Waals surface area contributed by atoms with Crippen molar-refractivity contribution in [2.75, 3.05) is 13.2 Å². The molecule has 18 heavy (non-hydrogen) atoms. The minimum atomic E-state index is -2.82. The highest BCUT2D eigenvalue weighted by Gasteiger charge is 2.23. The Balaban J connectivity index is 3.01. The molecule has 0 radical (unpaired) electrons. The van der Waals surface area contributed by atoms with Gasteiger partial charge in [-0.2, -0.15) is 0 Å². The Morgan fingerprint density at radius 1 is 1.17 bits per heavy atom. The van der Waals surface area contributed by atoms with Gasteiger partial charge in [0.25, 0.3) is 0 Å². The normalized spacial score (nSPS) is 11.6. The molecule has 0 heterocycles. The highest BCUT2D eigenvalue weighted by atomic mass is 127. The molecule has 0 aromatic heterocycles. The number of hydrogen-bond donors (Lipinski definition) is 0. The maximum atomic E-state index is 6.08. The number of halogens is 3. The van der Waals surface area contributed by atoms with Crippen molar-refractivity contribution in [1.29, 1.82) is 0 Å². The van der Waals surface area contributed by atoms with Crippen LogP contribution in [0.3, 0.4) is 0 Å². The second-order valence-corrected chi connectivity index (χ2v) is 7.98. The molecule has 3 nitrogen and oxygen atoms in total. The number of rotatable bonds is 6. The molecule has 0 aliphatic heterocycles. The van der Waals surface area contributed by atoms with Crippen molar-refractivity contribution >= 4 is 64.3 Å². The second-order valence-electron chi connectivity index (χ2n) is 3.07. The molecule has 0 aliphatic rings. The molecule has 0 saturated heterocycles. The van der Waals surface area contributed by atoms with Crippen molar-refractivity contribution in [1.82, 2.24) is 0 Å². The molecule has 0 amide bonds. The van der Waals surface area contributed by atoms with E-state index < -0.39 is 6.72 Å². The van der Waals surface area contributed by atoms with Crippen LogP contribution in [0.25, 0.3) is 0 Å². The van der Waals surface area contributed by atoms with Gasteiger partial charge in [-0.1, -0.05) is 23.2 Å². The highest BCUT2D eigenvalue weighted by molar-refractivity contribution is 14.1. The Bertz CT molecular complexity index is 463. The molecule has 0 spiro atoms. The molecule has 102 valence electrons. The van der Waals surface area contributed by atoms with Gasteiger partial charge in [0.05, 0.1) is 23.3 Å². The fraction of sp³-hybridized carbons (Fsp3) is 0.400. The topological polar surface area (TPSA) is 27.7 Å². The lowest BCUT2D eigenvalue weighted by molar-refractivity contribution is 0.218. The molecule has 0 unspecified atom stereocenters. The van der Waals surface area contributed by atoms with Crippen LogP contribution in [0.2, 0.25) is 10.0 Å². The van der Waals surface area contributed by atoms with Crippen molar-refractivity contribution in [2.24, 2.45) is 0 Å². The summed E-state index contributed by atoms with van der Waals surface area (Å²) in [5.41, 5.74) is 0. The second kappa shape index (κ2) is 7.62. The third kappa shape index (κ3) is 4.78. The van der Waals surface area contributed by atoms with Crippen molar-refractivity contribution < 1.29 is 13.6 Å². The van der Waals surface area contributed by atoms with E-state index in [1.54, 1.807) is 12.1 Å². The van der Waals surface area contributed by atoms with Crippen LogP contribution in [0.15, 0.2) is 12.1 Å². The lowest BCUT2D eigenvalue weighted by Crippen LogP contribution is -2.02. The van der Waals surface area contributed by atoms with E-state index in [0.29, 0.717) is 29.0 Å². The standard InChI is InChI=1S/C10H12Cl2IO3PS/c1-3-14-17(18,15-4-2)16-10-6-7(11)9(13)5-8(10)12/h5-6H,3-4H2,1-2H3. The minimum Gasteiger partial charge on any atom is -0.422 e. The predicted octanol–water partition coefficient (Wildman–Crippen LogP) is 5.27. The van der Waals surface area contributed by atoms with Gasteiger partial charge in [0.15, 0.2) is 0 Å². The maximum absolute atomic E-state index is 6.08. The zero-order chi connectivity index (χ0) is 13.8. The number of benzene rings is 1. The maximum Gasteiger partial charge on any atom is 0.380 e. The molecule has 0 N–H and O–H groups in total. The predicted molar refractivity (Wildman–Crippen MR) is 87.3 cm³/mol. The van der Waals surface area contributed by atoms with Crippen LogP contribution in [0.4, 0.5) is 0 Å². The van der Waals surface area contributed by atoms with E-state index in [0.717, 1.165) is 3.57 Å². The van der Waals surface area contributed by atoms with Gasteiger partial charge in [-0.05, 0) is 42.5 Å². The molecule has 0 aliphatic carbocycles. The van der Waals surface area contributed by atoms with Crippen LogP contribution in [-0.2, 0) is 20.9 Å². The molecule has 0 fully saturated rings. The minimum absolute atomic E-state index is 0.382. The van der Waals surface area contributed by atoms with E-state index in [9.17, 15) is 0 Å². The number of hydrogen-bond acceptors (Lipinski definition) is 4. The van der Waals surface area contributed by atoms with Gasteiger partial charge >= 0.3 is 6.72 Å². The summed E-state index contributed by atoms with van der Waals surface area (Å²) in [5.74, 6) is 0.382. The Morgan fingerprint density at radius 2 is 1.72 bits per heavy atom. The molecule has 1 aromatic carbocycles. The van der Waals surface area contributed by atoms with Gasteiger partial charge < -0.3 is 4.52 Å². The fourth-order valence-electron chi connectivity index (χ4n) is 1.10. The summed E-state index contributed by atoms with van der Waals surface area (Å²) >= 11 is 19.4. The van der Waals surface area contributed by atoms with Gasteiger partial charge in [-0.25, -0.2) is 0 Å². The summed E-state index contributed by atoms with van der Waals surface area (Å²) < 4.78 is 17.2. The summed E-state index contributed by atoms with van der Waals surface area (Å²) in [7, 11) is 0. The largest absolute Gasteiger partial charge is 0.422 e.